The number of para-hydroxylation sites is 1. The second kappa shape index (κ2) is 8.09. The van der Waals surface area contributed by atoms with Crippen LogP contribution >= 0.6 is 0 Å². The Bertz CT molecular complexity index is 1150. The van der Waals surface area contributed by atoms with Gasteiger partial charge in [0.05, 0.1) is 24.0 Å². The van der Waals surface area contributed by atoms with Gasteiger partial charge in [0.1, 0.15) is 17.5 Å². The van der Waals surface area contributed by atoms with Crippen LogP contribution in [0.2, 0.25) is 0 Å². The molecule has 162 valence electrons. The van der Waals surface area contributed by atoms with Crippen LogP contribution in [0.4, 0.5) is 15.8 Å². The fourth-order valence-corrected chi connectivity index (χ4v) is 4.36. The molecule has 32 heavy (non-hydrogen) atoms. The summed E-state index contributed by atoms with van der Waals surface area (Å²) in [7, 11) is 0. The first-order valence-corrected chi connectivity index (χ1v) is 10.5. The number of amides is 2. The zero-order valence-electron chi connectivity index (χ0n) is 17.4. The maximum Gasteiger partial charge on any atom is 0.266 e. The van der Waals surface area contributed by atoms with E-state index in [9.17, 15) is 14.0 Å². The van der Waals surface area contributed by atoms with Crippen molar-refractivity contribution in [2.45, 2.75) is 19.1 Å². The van der Waals surface area contributed by atoms with E-state index < -0.39 is 29.8 Å². The number of benzene rings is 3. The summed E-state index contributed by atoms with van der Waals surface area (Å²) in [6.45, 7) is 2.40. The number of carbonyl (C=O) groups is 2. The lowest BCUT2D eigenvalue weighted by Crippen LogP contribution is -2.37. The average molecular weight is 432 g/mol. The van der Waals surface area contributed by atoms with Crippen molar-refractivity contribution >= 4 is 23.2 Å². The van der Waals surface area contributed by atoms with E-state index in [1.807, 2.05) is 37.3 Å². The van der Waals surface area contributed by atoms with E-state index in [0.29, 0.717) is 29.3 Å². The average Bonchev–Trinajstić information content (AvgIpc) is 3.31. The summed E-state index contributed by atoms with van der Waals surface area (Å²) in [4.78, 5) is 34.0. The molecule has 0 unspecified atom stereocenters. The molecule has 5 rings (SSSR count). The van der Waals surface area contributed by atoms with E-state index in [2.05, 4.69) is 0 Å². The number of hydroxylamine groups is 1. The highest BCUT2D eigenvalue weighted by molar-refractivity contribution is 6.23. The van der Waals surface area contributed by atoms with Crippen molar-refractivity contribution in [3.63, 3.8) is 0 Å². The van der Waals surface area contributed by atoms with Gasteiger partial charge < -0.3 is 4.74 Å². The van der Waals surface area contributed by atoms with E-state index in [1.165, 1.54) is 12.1 Å². The van der Waals surface area contributed by atoms with Crippen LogP contribution in [0, 0.1) is 11.7 Å². The summed E-state index contributed by atoms with van der Waals surface area (Å²) in [6.07, 6.45) is -0.998. The lowest BCUT2D eigenvalue weighted by molar-refractivity contribution is -0.126. The molecule has 2 amide bonds. The molecule has 3 aromatic carbocycles. The van der Waals surface area contributed by atoms with Crippen LogP contribution in [0.25, 0.3) is 0 Å². The third kappa shape index (κ3) is 3.31. The van der Waals surface area contributed by atoms with Crippen molar-refractivity contribution in [2.24, 2.45) is 5.92 Å². The van der Waals surface area contributed by atoms with E-state index in [1.54, 1.807) is 41.5 Å². The molecule has 6 nitrogen and oxygen atoms in total. The molecule has 2 aliphatic rings. The number of anilines is 2. The monoisotopic (exact) mass is 432 g/mol. The van der Waals surface area contributed by atoms with Gasteiger partial charge in [0.2, 0.25) is 5.91 Å². The lowest BCUT2D eigenvalue weighted by Gasteiger charge is -2.28. The summed E-state index contributed by atoms with van der Waals surface area (Å²) in [6, 6.07) is 21.4. The molecule has 0 radical (unpaired) electrons. The number of fused-ring (bicyclic) bond motifs is 1. The number of hydrogen-bond donors (Lipinski definition) is 0. The molecule has 3 atom stereocenters. The second-order valence-electron chi connectivity index (χ2n) is 7.65. The second-order valence-corrected chi connectivity index (χ2v) is 7.65. The zero-order chi connectivity index (χ0) is 22.2. The Morgan fingerprint density at radius 1 is 0.906 bits per heavy atom. The van der Waals surface area contributed by atoms with Crippen molar-refractivity contribution in [2.75, 3.05) is 16.6 Å². The molecule has 0 aliphatic carbocycles. The summed E-state index contributed by atoms with van der Waals surface area (Å²) in [5.41, 5.74) is 1.70. The predicted molar refractivity (Wildman–Crippen MR) is 117 cm³/mol. The van der Waals surface area contributed by atoms with Crippen LogP contribution < -0.4 is 14.7 Å². The van der Waals surface area contributed by atoms with E-state index >= 15 is 0 Å². The zero-order valence-corrected chi connectivity index (χ0v) is 17.4. The summed E-state index contributed by atoms with van der Waals surface area (Å²) >= 11 is 0. The Balaban J connectivity index is 1.54. The van der Waals surface area contributed by atoms with Crippen molar-refractivity contribution in [3.05, 3.63) is 90.2 Å². The number of halogens is 1. The minimum atomic E-state index is -0.998. The number of rotatable bonds is 5. The van der Waals surface area contributed by atoms with Gasteiger partial charge in [0, 0.05) is 0 Å². The Morgan fingerprint density at radius 3 is 2.34 bits per heavy atom. The van der Waals surface area contributed by atoms with Gasteiger partial charge in [-0.15, -0.1) is 0 Å². The molecular weight excluding hydrogens is 411 g/mol. The molecule has 0 spiro atoms. The molecule has 7 heteroatoms. The van der Waals surface area contributed by atoms with Crippen LogP contribution in [-0.4, -0.2) is 24.5 Å². The third-order valence-corrected chi connectivity index (χ3v) is 5.72. The highest BCUT2D eigenvalue weighted by atomic mass is 19.1. The molecule has 2 heterocycles. The Morgan fingerprint density at radius 2 is 1.66 bits per heavy atom. The van der Waals surface area contributed by atoms with Gasteiger partial charge in [-0.3, -0.25) is 14.4 Å². The van der Waals surface area contributed by atoms with Crippen molar-refractivity contribution in [1.82, 2.24) is 0 Å². The number of ether oxygens (including phenoxy) is 1. The molecule has 0 N–H and O–H groups in total. The molecule has 2 fully saturated rings. The first-order chi connectivity index (χ1) is 15.6. The Hall–Kier alpha value is -3.71. The van der Waals surface area contributed by atoms with Crippen LogP contribution in [-0.2, 0) is 14.4 Å². The van der Waals surface area contributed by atoms with Crippen LogP contribution in [0.1, 0.15) is 18.5 Å². The first kappa shape index (κ1) is 20.2. The molecular formula is C25H21FN2O4. The predicted octanol–water partition coefficient (Wildman–Crippen LogP) is 4.28. The topological polar surface area (TPSA) is 59.1 Å². The number of imide groups is 1. The molecule has 0 bridgehead atoms. The number of hydrogen-bond acceptors (Lipinski definition) is 5. The van der Waals surface area contributed by atoms with Gasteiger partial charge >= 0.3 is 0 Å². The van der Waals surface area contributed by atoms with Crippen LogP contribution in [0.5, 0.6) is 5.75 Å². The Labute approximate surface area is 184 Å². The van der Waals surface area contributed by atoms with Crippen LogP contribution in [0.15, 0.2) is 78.9 Å². The van der Waals surface area contributed by atoms with Crippen LogP contribution in [0.3, 0.4) is 0 Å². The standard InChI is InChI=1S/C25H21FN2O4/c1-2-31-20-13-11-18(12-14-20)27-24(29)21-22(16-7-6-8-17(26)15-16)28(32-23(21)25(27)30)19-9-4-3-5-10-19/h3-15,21-23H,2H2,1H3/t21-,22-,23+/m0/s1. The quantitative estimate of drug-likeness (QED) is 0.564. The van der Waals surface area contributed by atoms with Gasteiger partial charge in [-0.05, 0) is 61.0 Å². The largest absolute Gasteiger partial charge is 0.494 e. The maximum absolute atomic E-state index is 14.1. The summed E-state index contributed by atoms with van der Waals surface area (Å²) < 4.78 is 19.5. The number of carbonyl (C=O) groups excluding carboxylic acids is 2. The number of nitrogens with zero attached hydrogens (tertiary/aromatic N) is 2. The van der Waals surface area contributed by atoms with E-state index in [-0.39, 0.29) is 5.91 Å². The van der Waals surface area contributed by atoms with Gasteiger partial charge in [0.25, 0.3) is 5.91 Å². The smallest absolute Gasteiger partial charge is 0.266 e. The van der Waals surface area contributed by atoms with Gasteiger partial charge in [0.15, 0.2) is 6.10 Å². The van der Waals surface area contributed by atoms with E-state index in [4.69, 9.17) is 9.57 Å². The fraction of sp³-hybridized carbons (Fsp3) is 0.200. The lowest BCUT2D eigenvalue weighted by atomic mass is 9.90. The van der Waals surface area contributed by atoms with E-state index in [0.717, 1.165) is 4.90 Å². The fourth-order valence-electron chi connectivity index (χ4n) is 4.36. The Kier molecular flexibility index (Phi) is 5.11. The summed E-state index contributed by atoms with van der Waals surface area (Å²) in [5, 5.41) is 1.55. The van der Waals surface area contributed by atoms with Crippen molar-refractivity contribution in [3.8, 4) is 5.75 Å². The van der Waals surface area contributed by atoms with Crippen molar-refractivity contribution < 1.29 is 23.6 Å². The molecule has 0 saturated carbocycles. The minimum absolute atomic E-state index is 0.378. The highest BCUT2D eigenvalue weighted by Crippen LogP contribution is 2.47. The molecule has 2 aliphatic heterocycles. The SMILES string of the molecule is CCOc1ccc(N2C(=O)[C@@H]3[C@@H](ON(c4ccccc4)[C@H]3c3cccc(F)c3)C2=O)cc1. The van der Waals surface area contributed by atoms with Gasteiger partial charge in [-0.25, -0.2) is 14.4 Å². The first-order valence-electron chi connectivity index (χ1n) is 10.5. The molecule has 2 saturated heterocycles. The molecule has 0 aromatic heterocycles. The minimum Gasteiger partial charge on any atom is -0.494 e. The highest BCUT2D eigenvalue weighted by Gasteiger charge is 2.60. The van der Waals surface area contributed by atoms with Gasteiger partial charge in [-0.2, -0.15) is 0 Å². The normalized spacial score (nSPS) is 22.4. The molecule has 3 aromatic rings. The summed E-state index contributed by atoms with van der Waals surface area (Å²) in [5.74, 6) is -1.39. The van der Waals surface area contributed by atoms with Gasteiger partial charge in [-0.1, -0.05) is 30.3 Å². The van der Waals surface area contributed by atoms with Crippen molar-refractivity contribution in [1.29, 1.82) is 0 Å². The maximum atomic E-state index is 14.1. The third-order valence-electron chi connectivity index (χ3n) is 5.72.